The van der Waals surface area contributed by atoms with Gasteiger partial charge in [0.15, 0.2) is 0 Å². The number of halogens is 1. The van der Waals surface area contributed by atoms with Gasteiger partial charge in [-0.25, -0.2) is 0 Å². The minimum absolute atomic E-state index is 0.323. The smallest absolute Gasteiger partial charge is 0.233 e. The molecule has 5 heteroatoms. The summed E-state index contributed by atoms with van der Waals surface area (Å²) >= 11 is 2.19. The number of hydrogen-bond donors (Lipinski definition) is 2. The summed E-state index contributed by atoms with van der Waals surface area (Å²) in [6.07, 6.45) is 0.647. The van der Waals surface area contributed by atoms with Crippen LogP contribution in [-0.4, -0.2) is 11.8 Å². The Balaban J connectivity index is 2.46. The zero-order valence-electron chi connectivity index (χ0n) is 8.50. The Morgan fingerprint density at radius 3 is 2.25 bits per heavy atom. The van der Waals surface area contributed by atoms with Crippen LogP contribution in [0.15, 0.2) is 18.2 Å². The molecule has 0 unspecified atom stereocenters. The Bertz CT molecular complexity index is 471. The van der Waals surface area contributed by atoms with E-state index in [4.69, 9.17) is 11.5 Å². The van der Waals surface area contributed by atoms with Crippen LogP contribution in [-0.2, 0) is 22.4 Å². The van der Waals surface area contributed by atoms with E-state index in [1.807, 2.05) is 18.2 Å². The van der Waals surface area contributed by atoms with Crippen molar-refractivity contribution in [1.82, 2.24) is 0 Å². The van der Waals surface area contributed by atoms with Gasteiger partial charge < -0.3 is 11.5 Å². The molecule has 0 aliphatic heterocycles. The molecule has 0 fully saturated rings. The van der Waals surface area contributed by atoms with Crippen molar-refractivity contribution in [3.63, 3.8) is 0 Å². The van der Waals surface area contributed by atoms with E-state index in [0.717, 1.165) is 14.7 Å². The third kappa shape index (κ3) is 1.59. The fourth-order valence-electron chi connectivity index (χ4n) is 2.11. The first kappa shape index (κ1) is 11.4. The summed E-state index contributed by atoms with van der Waals surface area (Å²) in [5, 5.41) is 0. The average molecular weight is 330 g/mol. The minimum atomic E-state index is -1.23. The summed E-state index contributed by atoms with van der Waals surface area (Å²) in [5.74, 6) is -1.27. The number of rotatable bonds is 2. The van der Waals surface area contributed by atoms with Gasteiger partial charge in [-0.05, 0) is 58.7 Å². The van der Waals surface area contributed by atoms with E-state index in [-0.39, 0.29) is 0 Å². The lowest BCUT2D eigenvalue weighted by Gasteiger charge is -2.20. The highest BCUT2D eigenvalue weighted by atomic mass is 127. The van der Waals surface area contributed by atoms with Crippen LogP contribution in [0.2, 0.25) is 0 Å². The number of carbonyl (C=O) groups excluding carboxylic acids is 2. The van der Waals surface area contributed by atoms with Crippen LogP contribution in [0.25, 0.3) is 0 Å². The van der Waals surface area contributed by atoms with Crippen LogP contribution < -0.4 is 11.5 Å². The molecule has 2 amide bonds. The SMILES string of the molecule is NC(=O)C1(C(N)=O)Cc2ccc(I)cc2C1. The lowest BCUT2D eigenvalue weighted by Crippen LogP contribution is -2.48. The minimum Gasteiger partial charge on any atom is -0.369 e. The van der Waals surface area contributed by atoms with Gasteiger partial charge in [0.25, 0.3) is 0 Å². The summed E-state index contributed by atoms with van der Waals surface area (Å²) in [4.78, 5) is 22.9. The molecule has 4 N–H and O–H groups in total. The zero-order chi connectivity index (χ0) is 11.9. The first-order valence-electron chi connectivity index (χ1n) is 4.83. The van der Waals surface area contributed by atoms with E-state index >= 15 is 0 Å². The van der Waals surface area contributed by atoms with Gasteiger partial charge in [-0.3, -0.25) is 9.59 Å². The Morgan fingerprint density at radius 2 is 1.69 bits per heavy atom. The molecule has 0 bridgehead atoms. The van der Waals surface area contributed by atoms with E-state index in [1.54, 1.807) is 0 Å². The summed E-state index contributed by atoms with van der Waals surface area (Å²) in [5.41, 5.74) is 11.4. The molecule has 1 aliphatic carbocycles. The van der Waals surface area contributed by atoms with Crippen LogP contribution in [0, 0.1) is 8.99 Å². The highest BCUT2D eigenvalue weighted by Gasteiger charge is 2.47. The van der Waals surface area contributed by atoms with Gasteiger partial charge >= 0.3 is 0 Å². The molecule has 0 aromatic heterocycles. The van der Waals surface area contributed by atoms with Gasteiger partial charge in [-0.2, -0.15) is 0 Å². The van der Waals surface area contributed by atoms with Gasteiger partial charge in [-0.15, -0.1) is 0 Å². The van der Waals surface area contributed by atoms with Gasteiger partial charge in [-0.1, -0.05) is 6.07 Å². The predicted molar refractivity (Wildman–Crippen MR) is 67.4 cm³/mol. The van der Waals surface area contributed by atoms with Gasteiger partial charge in [0.2, 0.25) is 11.8 Å². The highest BCUT2D eigenvalue weighted by Crippen LogP contribution is 2.37. The summed E-state index contributed by atoms with van der Waals surface area (Å²) < 4.78 is 1.07. The van der Waals surface area contributed by atoms with Crippen molar-refractivity contribution in [2.75, 3.05) is 0 Å². The van der Waals surface area contributed by atoms with Crippen molar-refractivity contribution < 1.29 is 9.59 Å². The Hall–Kier alpha value is -1.11. The standard InChI is InChI=1S/C11H11IN2O2/c12-8-2-1-6-4-11(9(13)15,10(14)16)5-7(6)3-8/h1-3H,4-5H2,(H2,13,15)(H2,14,16). The molecule has 0 saturated carbocycles. The number of amides is 2. The lowest BCUT2D eigenvalue weighted by molar-refractivity contribution is -0.139. The number of carbonyl (C=O) groups is 2. The van der Waals surface area contributed by atoms with Crippen LogP contribution in [0.5, 0.6) is 0 Å². The maximum absolute atomic E-state index is 11.4. The van der Waals surface area contributed by atoms with Gasteiger partial charge in [0.1, 0.15) is 5.41 Å². The predicted octanol–water partition coefficient (Wildman–Crippen LogP) is 0.347. The van der Waals surface area contributed by atoms with Crippen molar-refractivity contribution in [3.8, 4) is 0 Å². The summed E-state index contributed by atoms with van der Waals surface area (Å²) in [6, 6.07) is 5.83. The van der Waals surface area contributed by atoms with E-state index in [1.165, 1.54) is 0 Å². The fraction of sp³-hybridized carbons (Fsp3) is 0.273. The van der Waals surface area contributed by atoms with Crippen LogP contribution in [0.3, 0.4) is 0 Å². The zero-order valence-corrected chi connectivity index (χ0v) is 10.7. The van der Waals surface area contributed by atoms with Crippen molar-refractivity contribution in [3.05, 3.63) is 32.9 Å². The first-order valence-corrected chi connectivity index (χ1v) is 5.91. The molecular formula is C11H11IN2O2. The molecule has 2 rings (SSSR count). The molecule has 1 aliphatic rings. The largest absolute Gasteiger partial charge is 0.369 e. The molecule has 0 heterocycles. The Morgan fingerprint density at radius 1 is 1.12 bits per heavy atom. The van der Waals surface area contributed by atoms with Crippen LogP contribution >= 0.6 is 22.6 Å². The second kappa shape index (κ2) is 3.73. The molecule has 0 saturated heterocycles. The second-order valence-electron chi connectivity index (χ2n) is 4.08. The number of benzene rings is 1. The monoisotopic (exact) mass is 330 g/mol. The molecular weight excluding hydrogens is 319 g/mol. The maximum Gasteiger partial charge on any atom is 0.233 e. The first-order chi connectivity index (χ1) is 7.45. The molecule has 16 heavy (non-hydrogen) atoms. The van der Waals surface area contributed by atoms with E-state index in [9.17, 15) is 9.59 Å². The maximum atomic E-state index is 11.4. The van der Waals surface area contributed by atoms with Crippen molar-refractivity contribution >= 4 is 34.4 Å². The van der Waals surface area contributed by atoms with Crippen molar-refractivity contribution in [1.29, 1.82) is 0 Å². The number of primary amides is 2. The van der Waals surface area contributed by atoms with Crippen molar-refractivity contribution in [2.45, 2.75) is 12.8 Å². The van der Waals surface area contributed by atoms with Crippen LogP contribution in [0.1, 0.15) is 11.1 Å². The lowest BCUT2D eigenvalue weighted by atomic mass is 9.83. The van der Waals surface area contributed by atoms with E-state index in [0.29, 0.717) is 12.8 Å². The second-order valence-corrected chi connectivity index (χ2v) is 5.32. The molecule has 0 spiro atoms. The molecule has 84 valence electrons. The summed E-state index contributed by atoms with van der Waals surface area (Å²) in [6.45, 7) is 0. The number of fused-ring (bicyclic) bond motifs is 1. The third-order valence-electron chi connectivity index (χ3n) is 3.10. The molecule has 4 nitrogen and oxygen atoms in total. The Kier molecular flexibility index (Phi) is 2.65. The average Bonchev–Trinajstić information content (AvgIpc) is 2.57. The quantitative estimate of drug-likeness (QED) is 0.605. The topological polar surface area (TPSA) is 86.2 Å². The number of hydrogen-bond acceptors (Lipinski definition) is 2. The molecule has 1 aromatic rings. The normalized spacial score (nSPS) is 16.8. The van der Waals surface area contributed by atoms with Gasteiger partial charge in [0, 0.05) is 3.57 Å². The van der Waals surface area contributed by atoms with E-state index < -0.39 is 17.2 Å². The third-order valence-corrected chi connectivity index (χ3v) is 3.77. The molecule has 0 atom stereocenters. The van der Waals surface area contributed by atoms with Crippen LogP contribution in [0.4, 0.5) is 0 Å². The van der Waals surface area contributed by atoms with Crippen molar-refractivity contribution in [2.24, 2.45) is 16.9 Å². The van der Waals surface area contributed by atoms with Gasteiger partial charge in [0.05, 0.1) is 0 Å². The Labute approximate surface area is 107 Å². The summed E-state index contributed by atoms with van der Waals surface area (Å²) in [7, 11) is 0. The van der Waals surface area contributed by atoms with E-state index in [2.05, 4.69) is 22.6 Å². The fourth-order valence-corrected chi connectivity index (χ4v) is 2.67. The highest BCUT2D eigenvalue weighted by molar-refractivity contribution is 14.1. The molecule has 1 aromatic carbocycles. The number of nitrogens with two attached hydrogens (primary N) is 2. The molecule has 0 radical (unpaired) electrons.